The topological polar surface area (TPSA) is 72.1 Å². The highest BCUT2D eigenvalue weighted by Gasteiger charge is 2.36. The molecule has 0 N–H and O–H groups in total. The number of carbonyl (C=O) groups is 1. The molecular weight excluding hydrogens is 352 g/mol. The van der Waals surface area contributed by atoms with E-state index in [1.54, 1.807) is 6.20 Å². The summed E-state index contributed by atoms with van der Waals surface area (Å²) in [6.07, 6.45) is 6.11. The Bertz CT molecular complexity index is 1020. The Balaban J connectivity index is 1.59. The van der Waals surface area contributed by atoms with Crippen LogP contribution in [0.5, 0.6) is 0 Å². The van der Waals surface area contributed by atoms with Crippen LogP contribution in [0.2, 0.25) is 0 Å². The predicted octanol–water partition coefficient (Wildman–Crippen LogP) is 4.42. The van der Waals surface area contributed by atoms with Crippen molar-refractivity contribution in [2.45, 2.75) is 64.0 Å². The molecule has 2 fully saturated rings. The fourth-order valence-corrected chi connectivity index (χ4v) is 3.72. The lowest BCUT2D eigenvalue weighted by atomic mass is 10.0. The van der Waals surface area contributed by atoms with Gasteiger partial charge in [-0.2, -0.15) is 0 Å². The molecule has 0 unspecified atom stereocenters. The van der Waals surface area contributed by atoms with Crippen molar-refractivity contribution < 1.29 is 9.32 Å². The summed E-state index contributed by atoms with van der Waals surface area (Å²) in [6.45, 7) is 4.65. The van der Waals surface area contributed by atoms with E-state index in [0.717, 1.165) is 48.2 Å². The normalized spacial score (nSPS) is 16.7. The van der Waals surface area contributed by atoms with Gasteiger partial charge in [-0.1, -0.05) is 25.1 Å². The Hall–Kier alpha value is -2.76. The van der Waals surface area contributed by atoms with E-state index in [0.29, 0.717) is 23.7 Å². The van der Waals surface area contributed by atoms with Gasteiger partial charge in [0, 0.05) is 23.9 Å². The molecule has 144 valence electrons. The number of aromatic nitrogens is 3. The van der Waals surface area contributed by atoms with Crippen LogP contribution in [-0.4, -0.2) is 32.0 Å². The molecule has 2 aliphatic carbocycles. The monoisotopic (exact) mass is 376 g/mol. The largest absolute Gasteiger partial charge is 0.335 e. The standard InChI is InChI=1S/C22H24N4O2/c1-13(2)20-19-17(11-18(14-6-7-14)24-21(19)28-25-20)22(27)26(16-8-9-16)12-15-5-3-4-10-23-15/h3-5,10-11,13-14,16H,6-9,12H2,1-2H3. The maximum Gasteiger partial charge on any atom is 0.259 e. The molecule has 0 aromatic carbocycles. The summed E-state index contributed by atoms with van der Waals surface area (Å²) >= 11 is 0. The van der Waals surface area contributed by atoms with Gasteiger partial charge in [-0.25, -0.2) is 4.98 Å². The molecular formula is C22H24N4O2. The zero-order valence-corrected chi connectivity index (χ0v) is 16.3. The Morgan fingerprint density at radius 1 is 1.25 bits per heavy atom. The summed E-state index contributed by atoms with van der Waals surface area (Å²) in [4.78, 5) is 24.8. The van der Waals surface area contributed by atoms with Crippen LogP contribution >= 0.6 is 0 Å². The quantitative estimate of drug-likeness (QED) is 0.637. The number of amides is 1. The summed E-state index contributed by atoms with van der Waals surface area (Å²) in [5, 5.41) is 5.02. The van der Waals surface area contributed by atoms with E-state index in [-0.39, 0.29) is 17.9 Å². The molecule has 2 aliphatic rings. The van der Waals surface area contributed by atoms with Gasteiger partial charge in [0.1, 0.15) is 0 Å². The fourth-order valence-electron chi connectivity index (χ4n) is 3.72. The molecule has 0 aliphatic heterocycles. The number of fused-ring (bicyclic) bond motifs is 1. The van der Waals surface area contributed by atoms with E-state index in [1.165, 1.54) is 0 Å². The molecule has 3 heterocycles. The fraction of sp³-hybridized carbons (Fsp3) is 0.455. The maximum atomic E-state index is 13.7. The molecule has 3 aromatic rings. The molecule has 0 spiro atoms. The summed E-state index contributed by atoms with van der Waals surface area (Å²) in [6, 6.07) is 8.10. The van der Waals surface area contributed by atoms with E-state index in [4.69, 9.17) is 4.52 Å². The zero-order valence-electron chi connectivity index (χ0n) is 16.3. The number of hydrogen-bond acceptors (Lipinski definition) is 5. The number of nitrogens with zero attached hydrogens (tertiary/aromatic N) is 4. The minimum atomic E-state index is 0.0348. The van der Waals surface area contributed by atoms with E-state index in [9.17, 15) is 4.79 Å². The summed E-state index contributed by atoms with van der Waals surface area (Å²) < 4.78 is 5.55. The number of pyridine rings is 2. The van der Waals surface area contributed by atoms with Crippen LogP contribution in [0.25, 0.3) is 11.1 Å². The van der Waals surface area contributed by atoms with E-state index < -0.39 is 0 Å². The lowest BCUT2D eigenvalue weighted by molar-refractivity contribution is 0.0729. The van der Waals surface area contributed by atoms with E-state index >= 15 is 0 Å². The molecule has 2 saturated carbocycles. The molecule has 6 nitrogen and oxygen atoms in total. The molecule has 1 amide bonds. The first-order valence-corrected chi connectivity index (χ1v) is 10.1. The van der Waals surface area contributed by atoms with Gasteiger partial charge in [0.15, 0.2) is 0 Å². The van der Waals surface area contributed by atoms with Crippen molar-refractivity contribution in [1.29, 1.82) is 0 Å². The second kappa shape index (κ2) is 6.69. The Kier molecular flexibility index (Phi) is 4.14. The van der Waals surface area contributed by atoms with Crippen molar-refractivity contribution in [2.75, 3.05) is 0 Å². The van der Waals surface area contributed by atoms with Gasteiger partial charge in [0.05, 0.1) is 28.9 Å². The molecule has 5 rings (SSSR count). The number of carbonyl (C=O) groups excluding carboxylic acids is 1. The maximum absolute atomic E-state index is 13.7. The van der Waals surface area contributed by atoms with E-state index in [1.807, 2.05) is 29.2 Å². The van der Waals surface area contributed by atoms with Crippen molar-refractivity contribution in [3.05, 3.63) is 53.1 Å². The zero-order chi connectivity index (χ0) is 19.3. The van der Waals surface area contributed by atoms with E-state index in [2.05, 4.69) is 29.0 Å². The van der Waals surface area contributed by atoms with Gasteiger partial charge < -0.3 is 9.42 Å². The van der Waals surface area contributed by atoms with Crippen molar-refractivity contribution >= 4 is 17.0 Å². The third kappa shape index (κ3) is 3.17. The molecule has 3 aromatic heterocycles. The average molecular weight is 376 g/mol. The highest BCUT2D eigenvalue weighted by Crippen LogP contribution is 2.41. The van der Waals surface area contributed by atoms with Crippen LogP contribution in [0.1, 0.15) is 78.8 Å². The Morgan fingerprint density at radius 2 is 2.07 bits per heavy atom. The van der Waals surface area contributed by atoms with Crippen molar-refractivity contribution in [2.24, 2.45) is 0 Å². The Labute approximate surface area is 163 Å². The summed E-state index contributed by atoms with van der Waals surface area (Å²) in [5.74, 6) is 0.632. The van der Waals surface area contributed by atoms with Crippen LogP contribution in [0.15, 0.2) is 35.0 Å². The van der Waals surface area contributed by atoms with Crippen LogP contribution in [0.4, 0.5) is 0 Å². The lowest BCUT2D eigenvalue weighted by Crippen LogP contribution is -2.33. The molecule has 0 saturated heterocycles. The van der Waals surface area contributed by atoms with Crippen molar-refractivity contribution in [3.63, 3.8) is 0 Å². The van der Waals surface area contributed by atoms with Crippen molar-refractivity contribution in [3.8, 4) is 0 Å². The van der Waals surface area contributed by atoms with Crippen LogP contribution < -0.4 is 0 Å². The van der Waals surface area contributed by atoms with Gasteiger partial charge in [0.2, 0.25) is 0 Å². The first-order valence-electron chi connectivity index (χ1n) is 10.1. The predicted molar refractivity (Wildman–Crippen MR) is 105 cm³/mol. The minimum absolute atomic E-state index is 0.0348. The second-order valence-electron chi connectivity index (χ2n) is 8.26. The molecule has 28 heavy (non-hydrogen) atoms. The third-order valence-electron chi connectivity index (χ3n) is 5.57. The third-order valence-corrected chi connectivity index (χ3v) is 5.57. The average Bonchev–Trinajstić information content (AvgIpc) is 3.62. The Morgan fingerprint density at radius 3 is 2.71 bits per heavy atom. The second-order valence-corrected chi connectivity index (χ2v) is 8.26. The molecule has 0 bridgehead atoms. The minimum Gasteiger partial charge on any atom is -0.335 e. The molecule has 0 atom stereocenters. The molecule has 6 heteroatoms. The van der Waals surface area contributed by atoms with Crippen LogP contribution in [0.3, 0.4) is 0 Å². The highest BCUT2D eigenvalue weighted by atomic mass is 16.5. The van der Waals surface area contributed by atoms with Gasteiger partial charge in [-0.15, -0.1) is 0 Å². The van der Waals surface area contributed by atoms with Crippen molar-refractivity contribution in [1.82, 2.24) is 20.0 Å². The highest BCUT2D eigenvalue weighted by molar-refractivity contribution is 6.06. The van der Waals surface area contributed by atoms with Gasteiger partial charge in [-0.05, 0) is 49.8 Å². The number of hydrogen-bond donors (Lipinski definition) is 0. The summed E-state index contributed by atoms with van der Waals surface area (Å²) in [5.41, 5.74) is 3.84. The smallest absolute Gasteiger partial charge is 0.259 e. The summed E-state index contributed by atoms with van der Waals surface area (Å²) in [7, 11) is 0. The SMILES string of the molecule is CC(C)c1noc2nc(C3CC3)cc(C(=O)N(Cc3ccccn3)C3CC3)c12. The van der Waals surface area contributed by atoms with Crippen LogP contribution in [-0.2, 0) is 6.54 Å². The van der Waals surface area contributed by atoms with Gasteiger partial charge >= 0.3 is 0 Å². The van der Waals surface area contributed by atoms with Gasteiger partial charge in [0.25, 0.3) is 11.6 Å². The van der Waals surface area contributed by atoms with Crippen LogP contribution in [0, 0.1) is 0 Å². The van der Waals surface area contributed by atoms with Gasteiger partial charge in [-0.3, -0.25) is 9.78 Å². The number of rotatable bonds is 6. The first-order chi connectivity index (χ1) is 13.6. The molecule has 0 radical (unpaired) electrons. The first kappa shape index (κ1) is 17.3. The lowest BCUT2D eigenvalue weighted by Gasteiger charge is -2.23.